The summed E-state index contributed by atoms with van der Waals surface area (Å²) < 4.78 is 0. The van der Waals surface area contributed by atoms with Crippen LogP contribution in [0, 0.1) is 17.3 Å². The fourth-order valence-corrected chi connectivity index (χ4v) is 7.42. The first-order valence-corrected chi connectivity index (χ1v) is 11.6. The van der Waals surface area contributed by atoms with Gasteiger partial charge in [-0.1, -0.05) is 30.3 Å². The Morgan fingerprint density at radius 1 is 1.07 bits per heavy atom. The molecule has 1 aromatic carbocycles. The van der Waals surface area contributed by atoms with Gasteiger partial charge >= 0.3 is 0 Å². The number of aliphatic hydroxyl groups is 1. The van der Waals surface area contributed by atoms with Crippen molar-refractivity contribution in [1.82, 2.24) is 14.9 Å². The van der Waals surface area contributed by atoms with Crippen LogP contribution in [0.25, 0.3) is 0 Å². The molecule has 4 saturated carbocycles. The van der Waals surface area contributed by atoms with Crippen LogP contribution in [0.4, 0.5) is 5.82 Å². The van der Waals surface area contributed by atoms with E-state index >= 15 is 0 Å². The molecule has 1 aliphatic heterocycles. The first-order chi connectivity index (χ1) is 14.6. The summed E-state index contributed by atoms with van der Waals surface area (Å²) in [5, 5.41) is 14.8. The molecule has 2 atom stereocenters. The molecule has 2 aromatic rings. The second-order valence-corrected chi connectivity index (χ2v) is 10.6. The van der Waals surface area contributed by atoms with Crippen molar-refractivity contribution >= 4 is 5.82 Å². The molecule has 0 radical (unpaired) electrons. The van der Waals surface area contributed by atoms with E-state index in [2.05, 4.69) is 50.5 Å². The fourth-order valence-electron chi connectivity index (χ4n) is 7.42. The van der Waals surface area contributed by atoms with Gasteiger partial charge in [0.1, 0.15) is 12.1 Å². The quantitative estimate of drug-likeness (QED) is 0.794. The lowest BCUT2D eigenvalue weighted by atomic mass is 9.48. The van der Waals surface area contributed by atoms with Crippen LogP contribution >= 0.6 is 0 Å². The smallest absolute Gasteiger partial charge is 0.132 e. The van der Waals surface area contributed by atoms with Gasteiger partial charge in [0.2, 0.25) is 0 Å². The van der Waals surface area contributed by atoms with Gasteiger partial charge in [0.25, 0.3) is 0 Å². The Balaban J connectivity index is 1.16. The first kappa shape index (κ1) is 18.8. The zero-order chi connectivity index (χ0) is 20.2. The molecule has 2 unspecified atom stereocenters. The Morgan fingerprint density at radius 2 is 1.87 bits per heavy atom. The molecular weight excluding hydrogens is 372 g/mol. The third-order valence-electron chi connectivity index (χ3n) is 8.12. The van der Waals surface area contributed by atoms with Gasteiger partial charge in [-0.15, -0.1) is 0 Å². The van der Waals surface area contributed by atoms with Crippen molar-refractivity contribution in [2.45, 2.75) is 63.6 Å². The van der Waals surface area contributed by atoms with E-state index in [-0.39, 0.29) is 5.41 Å². The van der Waals surface area contributed by atoms with E-state index in [1.165, 1.54) is 36.1 Å². The van der Waals surface area contributed by atoms with Crippen molar-refractivity contribution in [2.75, 3.05) is 18.4 Å². The third kappa shape index (κ3) is 3.42. The molecule has 5 aliphatic rings. The number of hydrogen-bond acceptors (Lipinski definition) is 5. The number of hydrogen-bond donors (Lipinski definition) is 2. The van der Waals surface area contributed by atoms with Crippen LogP contribution in [0.1, 0.15) is 55.3 Å². The van der Waals surface area contributed by atoms with Crippen LogP contribution < -0.4 is 5.32 Å². The molecule has 1 aromatic heterocycles. The van der Waals surface area contributed by atoms with E-state index < -0.39 is 5.60 Å². The second-order valence-electron chi connectivity index (χ2n) is 10.6. The minimum atomic E-state index is -0.394. The highest BCUT2D eigenvalue weighted by atomic mass is 16.3. The predicted molar refractivity (Wildman–Crippen MR) is 117 cm³/mol. The van der Waals surface area contributed by atoms with Crippen molar-refractivity contribution < 1.29 is 5.11 Å². The van der Waals surface area contributed by atoms with Crippen molar-refractivity contribution in [3.63, 3.8) is 0 Å². The summed E-state index contributed by atoms with van der Waals surface area (Å²) >= 11 is 0. The lowest BCUT2D eigenvalue weighted by Gasteiger charge is -2.60. The Kier molecular flexibility index (Phi) is 4.40. The monoisotopic (exact) mass is 404 g/mol. The number of nitrogens with zero attached hydrogens (tertiary/aromatic N) is 3. The van der Waals surface area contributed by atoms with Crippen LogP contribution in [0.5, 0.6) is 0 Å². The van der Waals surface area contributed by atoms with Crippen molar-refractivity contribution in [2.24, 2.45) is 17.3 Å². The zero-order valence-electron chi connectivity index (χ0n) is 17.7. The normalized spacial score (nSPS) is 34.7. The molecule has 158 valence electrons. The summed E-state index contributed by atoms with van der Waals surface area (Å²) in [5.41, 5.74) is 3.68. The molecule has 4 aliphatic carbocycles. The van der Waals surface area contributed by atoms with E-state index in [4.69, 9.17) is 0 Å². The Bertz CT molecular complexity index is 916. The Morgan fingerprint density at radius 3 is 2.63 bits per heavy atom. The van der Waals surface area contributed by atoms with Crippen LogP contribution in [-0.2, 0) is 19.5 Å². The zero-order valence-corrected chi connectivity index (χ0v) is 17.7. The maximum atomic E-state index is 11.0. The number of nitrogens with one attached hydrogen (secondary N) is 1. The minimum Gasteiger partial charge on any atom is -0.390 e. The number of anilines is 1. The van der Waals surface area contributed by atoms with Gasteiger partial charge in [0.15, 0.2) is 0 Å². The van der Waals surface area contributed by atoms with Gasteiger partial charge in [-0.05, 0) is 67.8 Å². The van der Waals surface area contributed by atoms with Gasteiger partial charge in [-0.25, -0.2) is 9.97 Å². The molecular formula is C25H32N4O. The standard InChI is InChI=1S/C25H32N4O/c30-25-11-19-8-20(12-25)10-24(9-19,15-25)16-26-23-21-6-7-29(14-22(21)27-17-28-23)13-18-4-2-1-3-5-18/h1-5,17,19-20,30H,6-16H2,(H,26,27,28). The summed E-state index contributed by atoms with van der Waals surface area (Å²) in [6, 6.07) is 10.7. The maximum absolute atomic E-state index is 11.0. The van der Waals surface area contributed by atoms with E-state index in [0.717, 1.165) is 69.5 Å². The second kappa shape index (κ2) is 7.03. The lowest BCUT2D eigenvalue weighted by Crippen LogP contribution is -2.57. The number of aromatic nitrogens is 2. The Labute approximate surface area is 178 Å². The van der Waals surface area contributed by atoms with Crippen molar-refractivity contribution in [1.29, 1.82) is 0 Å². The summed E-state index contributed by atoms with van der Waals surface area (Å²) in [4.78, 5) is 11.7. The molecule has 0 spiro atoms. The summed E-state index contributed by atoms with van der Waals surface area (Å²) in [6.45, 7) is 3.84. The molecule has 0 saturated heterocycles. The van der Waals surface area contributed by atoms with E-state index in [9.17, 15) is 5.11 Å². The van der Waals surface area contributed by atoms with Gasteiger partial charge in [0, 0.05) is 31.7 Å². The highest BCUT2D eigenvalue weighted by Crippen LogP contribution is 2.61. The predicted octanol–water partition coefficient (Wildman–Crippen LogP) is 3.78. The molecule has 2 N–H and O–H groups in total. The molecule has 7 rings (SSSR count). The summed E-state index contributed by atoms with van der Waals surface area (Å²) in [7, 11) is 0. The third-order valence-corrected chi connectivity index (χ3v) is 8.12. The highest BCUT2D eigenvalue weighted by molar-refractivity contribution is 5.47. The lowest BCUT2D eigenvalue weighted by molar-refractivity contribution is -0.158. The summed E-state index contributed by atoms with van der Waals surface area (Å²) in [5.74, 6) is 2.48. The molecule has 5 heteroatoms. The van der Waals surface area contributed by atoms with Gasteiger partial charge in [-0.3, -0.25) is 4.90 Å². The summed E-state index contributed by atoms with van der Waals surface area (Å²) in [6.07, 6.45) is 9.64. The van der Waals surface area contributed by atoms with Gasteiger partial charge < -0.3 is 10.4 Å². The molecule has 4 bridgehead atoms. The molecule has 30 heavy (non-hydrogen) atoms. The number of benzene rings is 1. The molecule has 2 heterocycles. The minimum absolute atomic E-state index is 0.255. The SMILES string of the molecule is OC12CC3CC(C1)CC(CNc1ncnc4c1CCN(Cc1ccccc1)C4)(C3)C2. The molecule has 0 amide bonds. The number of fused-ring (bicyclic) bond motifs is 1. The van der Waals surface area contributed by atoms with E-state index in [1.807, 2.05) is 0 Å². The van der Waals surface area contributed by atoms with Crippen molar-refractivity contribution in [3.05, 3.63) is 53.5 Å². The largest absolute Gasteiger partial charge is 0.390 e. The topological polar surface area (TPSA) is 61.3 Å². The Hall–Kier alpha value is -1.98. The fraction of sp³-hybridized carbons (Fsp3) is 0.600. The molecule has 4 fully saturated rings. The molecule has 5 nitrogen and oxygen atoms in total. The van der Waals surface area contributed by atoms with Crippen molar-refractivity contribution in [3.8, 4) is 0 Å². The first-order valence-electron chi connectivity index (χ1n) is 11.6. The number of rotatable bonds is 5. The van der Waals surface area contributed by atoms with Gasteiger partial charge in [0.05, 0.1) is 11.3 Å². The van der Waals surface area contributed by atoms with Gasteiger partial charge in [-0.2, -0.15) is 0 Å². The van der Waals surface area contributed by atoms with Crippen LogP contribution in [0.15, 0.2) is 36.7 Å². The van der Waals surface area contributed by atoms with Crippen LogP contribution in [0.3, 0.4) is 0 Å². The van der Waals surface area contributed by atoms with Crippen LogP contribution in [-0.4, -0.2) is 38.7 Å². The maximum Gasteiger partial charge on any atom is 0.132 e. The van der Waals surface area contributed by atoms with E-state index in [0.29, 0.717) is 0 Å². The average molecular weight is 405 g/mol. The van der Waals surface area contributed by atoms with Crippen LogP contribution in [0.2, 0.25) is 0 Å². The van der Waals surface area contributed by atoms with E-state index in [1.54, 1.807) is 6.33 Å². The average Bonchev–Trinajstić information content (AvgIpc) is 2.71. The highest BCUT2D eigenvalue weighted by Gasteiger charge is 2.56.